The predicted octanol–water partition coefficient (Wildman–Crippen LogP) is 0.727. The van der Waals surface area contributed by atoms with E-state index in [0.29, 0.717) is 5.69 Å². The maximum Gasteiger partial charge on any atom is 0.270 e. The third-order valence-electron chi connectivity index (χ3n) is 1.22. The Balaban J connectivity index is 3.12. The summed E-state index contributed by atoms with van der Waals surface area (Å²) in [5, 5.41) is 11.1. The first-order chi connectivity index (χ1) is 5.77. The molecule has 0 aliphatic rings. The van der Waals surface area contributed by atoms with Gasteiger partial charge in [0.05, 0.1) is 0 Å². The van der Waals surface area contributed by atoms with Gasteiger partial charge in [0.1, 0.15) is 0 Å². The summed E-state index contributed by atoms with van der Waals surface area (Å²) < 4.78 is 0. The second kappa shape index (κ2) is 3.34. The minimum atomic E-state index is -0.0968. The standard InChI is InChI=1S/C7H6N4O/c1-9-6-4-2-3-5(10-6)7(8)11-12/h2-4,12H,(H2,8,11). The fraction of sp³-hybridized carbons (Fsp3) is 0. The third-order valence-corrected chi connectivity index (χ3v) is 1.22. The van der Waals surface area contributed by atoms with Crippen LogP contribution in [0.15, 0.2) is 23.4 Å². The first-order valence-corrected chi connectivity index (χ1v) is 3.10. The lowest BCUT2D eigenvalue weighted by Crippen LogP contribution is -2.14. The topological polar surface area (TPSA) is 75.9 Å². The zero-order valence-electron chi connectivity index (χ0n) is 6.10. The van der Waals surface area contributed by atoms with Crippen LogP contribution in [0.2, 0.25) is 0 Å². The molecule has 0 bridgehead atoms. The summed E-state index contributed by atoms with van der Waals surface area (Å²) in [6.07, 6.45) is 0. The van der Waals surface area contributed by atoms with Crippen LogP contribution < -0.4 is 5.73 Å². The molecule has 1 aromatic heterocycles. The minimum Gasteiger partial charge on any atom is -0.409 e. The van der Waals surface area contributed by atoms with Gasteiger partial charge in [0.15, 0.2) is 5.69 Å². The van der Waals surface area contributed by atoms with Gasteiger partial charge in [0.2, 0.25) is 5.84 Å². The van der Waals surface area contributed by atoms with Crippen LogP contribution in [-0.2, 0) is 0 Å². The Bertz CT molecular complexity index is 353. The maximum atomic E-state index is 8.30. The summed E-state index contributed by atoms with van der Waals surface area (Å²) >= 11 is 0. The van der Waals surface area contributed by atoms with Crippen molar-refractivity contribution in [3.63, 3.8) is 0 Å². The SMILES string of the molecule is [C-]#[N+]c1cccc(C(N)=NO)n1. The largest absolute Gasteiger partial charge is 0.409 e. The van der Waals surface area contributed by atoms with Crippen LogP contribution in [0.3, 0.4) is 0 Å². The van der Waals surface area contributed by atoms with E-state index in [4.69, 9.17) is 17.5 Å². The first-order valence-electron chi connectivity index (χ1n) is 3.10. The number of pyridine rings is 1. The number of oxime groups is 1. The van der Waals surface area contributed by atoms with Gasteiger partial charge in [-0.05, 0) is 12.1 Å². The van der Waals surface area contributed by atoms with Crippen molar-refractivity contribution < 1.29 is 5.21 Å². The highest BCUT2D eigenvalue weighted by Gasteiger charge is 2.04. The van der Waals surface area contributed by atoms with Gasteiger partial charge < -0.3 is 15.8 Å². The second-order valence-electron chi connectivity index (χ2n) is 1.98. The molecule has 3 N–H and O–H groups in total. The Hall–Kier alpha value is -2.09. The molecule has 1 aromatic rings. The molecular formula is C7H6N4O. The summed E-state index contributed by atoms with van der Waals surface area (Å²) in [5.74, 6) is 0.125. The predicted molar refractivity (Wildman–Crippen MR) is 43.0 cm³/mol. The molecule has 60 valence electrons. The highest BCUT2D eigenvalue weighted by molar-refractivity contribution is 5.95. The molecule has 1 heterocycles. The Morgan fingerprint density at radius 1 is 1.67 bits per heavy atom. The summed E-state index contributed by atoms with van der Waals surface area (Å²) in [6.45, 7) is 6.66. The van der Waals surface area contributed by atoms with Crippen LogP contribution in [0.5, 0.6) is 0 Å². The van der Waals surface area contributed by atoms with Crippen molar-refractivity contribution in [3.8, 4) is 0 Å². The van der Waals surface area contributed by atoms with Gasteiger partial charge in [-0.15, -0.1) is 4.98 Å². The lowest BCUT2D eigenvalue weighted by atomic mass is 10.3. The normalized spacial score (nSPS) is 10.8. The highest BCUT2D eigenvalue weighted by Crippen LogP contribution is 2.07. The highest BCUT2D eigenvalue weighted by atomic mass is 16.4. The summed E-state index contributed by atoms with van der Waals surface area (Å²) in [5.41, 5.74) is 5.55. The number of rotatable bonds is 1. The van der Waals surface area contributed by atoms with E-state index in [1.165, 1.54) is 0 Å². The third kappa shape index (κ3) is 1.49. The van der Waals surface area contributed by atoms with Crippen LogP contribution in [0.4, 0.5) is 5.82 Å². The number of hydrogen-bond donors (Lipinski definition) is 2. The van der Waals surface area contributed by atoms with Crippen LogP contribution in [0, 0.1) is 6.57 Å². The van der Waals surface area contributed by atoms with Crippen LogP contribution in [0.1, 0.15) is 5.69 Å². The van der Waals surface area contributed by atoms with Crippen molar-refractivity contribution in [2.24, 2.45) is 10.9 Å². The van der Waals surface area contributed by atoms with E-state index < -0.39 is 0 Å². The van der Waals surface area contributed by atoms with Gasteiger partial charge in [-0.1, -0.05) is 17.8 Å². The Morgan fingerprint density at radius 3 is 3.00 bits per heavy atom. The Morgan fingerprint density at radius 2 is 2.42 bits per heavy atom. The molecule has 5 heteroatoms. The zero-order chi connectivity index (χ0) is 8.97. The zero-order valence-corrected chi connectivity index (χ0v) is 6.10. The molecule has 0 atom stereocenters. The lowest BCUT2D eigenvalue weighted by molar-refractivity contribution is 0.318. The fourth-order valence-electron chi connectivity index (χ4n) is 0.679. The molecule has 0 aliphatic heterocycles. The van der Waals surface area contributed by atoms with E-state index >= 15 is 0 Å². The van der Waals surface area contributed by atoms with Crippen LogP contribution in [-0.4, -0.2) is 16.0 Å². The lowest BCUT2D eigenvalue weighted by Gasteiger charge is -1.92. The average molecular weight is 162 g/mol. The molecule has 0 amide bonds. The molecule has 5 nitrogen and oxygen atoms in total. The number of hydrogen-bond acceptors (Lipinski definition) is 3. The summed E-state index contributed by atoms with van der Waals surface area (Å²) in [4.78, 5) is 6.89. The molecule has 1 rings (SSSR count). The van der Waals surface area contributed by atoms with Crippen molar-refractivity contribution in [2.45, 2.75) is 0 Å². The van der Waals surface area contributed by atoms with Crippen molar-refractivity contribution >= 4 is 11.7 Å². The Kier molecular flexibility index (Phi) is 2.23. The second-order valence-corrected chi connectivity index (χ2v) is 1.98. The molecule has 0 unspecified atom stereocenters. The van der Waals surface area contributed by atoms with Crippen molar-refractivity contribution in [3.05, 3.63) is 35.3 Å². The van der Waals surface area contributed by atoms with Gasteiger partial charge in [0.25, 0.3) is 5.82 Å². The van der Waals surface area contributed by atoms with E-state index in [1.54, 1.807) is 18.2 Å². The van der Waals surface area contributed by atoms with Crippen molar-refractivity contribution in [1.29, 1.82) is 0 Å². The molecule has 0 saturated heterocycles. The number of aromatic nitrogens is 1. The molecule has 0 spiro atoms. The average Bonchev–Trinajstić information content (AvgIpc) is 2.17. The van der Waals surface area contributed by atoms with Gasteiger partial charge in [-0.25, -0.2) is 0 Å². The molecule has 12 heavy (non-hydrogen) atoms. The molecule has 0 aliphatic carbocycles. The monoisotopic (exact) mass is 162 g/mol. The van der Waals surface area contributed by atoms with E-state index in [9.17, 15) is 0 Å². The number of amidine groups is 1. The number of nitrogens with zero attached hydrogens (tertiary/aromatic N) is 3. The van der Waals surface area contributed by atoms with E-state index in [0.717, 1.165) is 0 Å². The Labute approximate surface area is 69.0 Å². The quantitative estimate of drug-likeness (QED) is 0.210. The van der Waals surface area contributed by atoms with Crippen LogP contribution >= 0.6 is 0 Å². The fourth-order valence-corrected chi connectivity index (χ4v) is 0.679. The van der Waals surface area contributed by atoms with Gasteiger partial charge >= 0.3 is 0 Å². The first kappa shape index (κ1) is 8.01. The minimum absolute atomic E-state index is 0.0968. The number of nitrogens with two attached hydrogens (primary N) is 1. The van der Waals surface area contributed by atoms with Gasteiger partial charge in [0, 0.05) is 0 Å². The smallest absolute Gasteiger partial charge is 0.270 e. The maximum absolute atomic E-state index is 8.30. The van der Waals surface area contributed by atoms with Crippen molar-refractivity contribution in [2.75, 3.05) is 0 Å². The van der Waals surface area contributed by atoms with E-state index in [-0.39, 0.29) is 11.7 Å². The van der Waals surface area contributed by atoms with E-state index in [2.05, 4.69) is 15.0 Å². The van der Waals surface area contributed by atoms with Crippen LogP contribution in [0.25, 0.3) is 4.85 Å². The van der Waals surface area contributed by atoms with E-state index in [1.807, 2.05) is 0 Å². The summed E-state index contributed by atoms with van der Waals surface area (Å²) in [6, 6.07) is 4.72. The summed E-state index contributed by atoms with van der Waals surface area (Å²) in [7, 11) is 0. The molecular weight excluding hydrogens is 156 g/mol. The van der Waals surface area contributed by atoms with Gasteiger partial charge in [-0.2, -0.15) is 0 Å². The molecule has 0 radical (unpaired) electrons. The molecule has 0 fully saturated rings. The molecule has 0 saturated carbocycles. The van der Waals surface area contributed by atoms with Crippen molar-refractivity contribution in [1.82, 2.24) is 4.98 Å². The molecule has 0 aromatic carbocycles. The van der Waals surface area contributed by atoms with Gasteiger partial charge in [-0.3, -0.25) is 0 Å².